The number of rotatable bonds is 4. The lowest BCUT2D eigenvalue weighted by atomic mass is 10.1. The molecule has 0 saturated heterocycles. The molecule has 2 aromatic rings. The van der Waals surface area contributed by atoms with Crippen LogP contribution in [0.25, 0.3) is 5.82 Å². The smallest absolute Gasteiger partial charge is 0.256 e. The third-order valence-electron chi connectivity index (χ3n) is 3.83. The number of carbonyl (C=O) groups is 1. The normalized spacial score (nSPS) is 21.2. The minimum atomic E-state index is -0.0880. The van der Waals surface area contributed by atoms with E-state index < -0.39 is 0 Å². The summed E-state index contributed by atoms with van der Waals surface area (Å²) in [5.41, 5.74) is 0.543. The van der Waals surface area contributed by atoms with E-state index in [1.165, 1.54) is 0 Å². The van der Waals surface area contributed by atoms with Crippen LogP contribution in [0.15, 0.2) is 18.9 Å². The van der Waals surface area contributed by atoms with Crippen molar-refractivity contribution in [1.29, 1.82) is 0 Å². The molecule has 1 aliphatic rings. The number of aryl methyl sites for hydroxylation is 1. The molecule has 0 unspecified atom stereocenters. The van der Waals surface area contributed by atoms with Crippen LogP contribution in [0.3, 0.4) is 0 Å². The molecule has 1 fully saturated rings. The molecular formula is C13H18N6O. The molecule has 2 atom stereocenters. The van der Waals surface area contributed by atoms with Gasteiger partial charge in [-0.25, -0.2) is 0 Å². The van der Waals surface area contributed by atoms with Gasteiger partial charge in [0.1, 0.15) is 24.0 Å². The van der Waals surface area contributed by atoms with E-state index in [0.29, 0.717) is 23.2 Å². The molecule has 0 radical (unpaired) electrons. The van der Waals surface area contributed by atoms with Gasteiger partial charge in [0.2, 0.25) is 0 Å². The van der Waals surface area contributed by atoms with Gasteiger partial charge < -0.3 is 5.32 Å². The molecule has 1 amide bonds. The highest BCUT2D eigenvalue weighted by Gasteiger charge is 2.40. The maximum atomic E-state index is 12.4. The lowest BCUT2D eigenvalue weighted by Crippen LogP contribution is -2.28. The highest BCUT2D eigenvalue weighted by atomic mass is 16.1. The Bertz CT molecular complexity index is 615. The summed E-state index contributed by atoms with van der Waals surface area (Å²) in [5, 5.41) is 14.8. The Kier molecular flexibility index (Phi) is 3.04. The van der Waals surface area contributed by atoms with Crippen molar-refractivity contribution in [1.82, 2.24) is 29.9 Å². The molecule has 1 N–H and O–H groups in total. The van der Waals surface area contributed by atoms with Crippen LogP contribution in [-0.4, -0.2) is 36.5 Å². The van der Waals surface area contributed by atoms with Crippen molar-refractivity contribution in [2.45, 2.75) is 26.3 Å². The van der Waals surface area contributed by atoms with E-state index in [1.54, 1.807) is 35.1 Å². The zero-order chi connectivity index (χ0) is 14.3. The molecule has 0 bridgehead atoms. The highest BCUT2D eigenvalue weighted by Crippen LogP contribution is 2.37. The van der Waals surface area contributed by atoms with Gasteiger partial charge in [0.25, 0.3) is 5.91 Å². The van der Waals surface area contributed by atoms with Crippen molar-refractivity contribution in [2.24, 2.45) is 18.9 Å². The second-order valence-electron chi connectivity index (χ2n) is 5.60. The number of aromatic nitrogens is 5. The van der Waals surface area contributed by atoms with E-state index in [-0.39, 0.29) is 11.9 Å². The van der Waals surface area contributed by atoms with Gasteiger partial charge in [-0.3, -0.25) is 14.0 Å². The molecule has 2 heterocycles. The zero-order valence-corrected chi connectivity index (χ0v) is 11.8. The molecular weight excluding hydrogens is 256 g/mol. The summed E-state index contributed by atoms with van der Waals surface area (Å²) >= 11 is 0. The van der Waals surface area contributed by atoms with E-state index in [1.807, 2.05) is 0 Å². The molecule has 106 valence electrons. The summed E-state index contributed by atoms with van der Waals surface area (Å²) in [6.45, 7) is 4.37. The molecule has 1 saturated carbocycles. The number of nitrogens with zero attached hydrogens (tertiary/aromatic N) is 5. The Morgan fingerprint density at radius 3 is 2.70 bits per heavy atom. The lowest BCUT2D eigenvalue weighted by molar-refractivity contribution is 0.0948. The Hall–Kier alpha value is -2.18. The van der Waals surface area contributed by atoms with Gasteiger partial charge in [-0.1, -0.05) is 13.8 Å². The molecule has 1 aliphatic carbocycles. The largest absolute Gasteiger partial charge is 0.349 e. The first-order valence-electron chi connectivity index (χ1n) is 6.75. The summed E-state index contributed by atoms with van der Waals surface area (Å²) in [7, 11) is 1.79. The number of hydrogen-bond donors (Lipinski definition) is 1. The van der Waals surface area contributed by atoms with E-state index in [9.17, 15) is 4.79 Å². The SMILES string of the molecule is CC(C)[C@@H]1C[C@H]1NC(=O)c1cnn(C)c1-n1cnnc1. The minimum Gasteiger partial charge on any atom is -0.349 e. The number of carbonyl (C=O) groups excluding carboxylic acids is 1. The fourth-order valence-corrected chi connectivity index (χ4v) is 2.57. The lowest BCUT2D eigenvalue weighted by Gasteiger charge is -2.08. The second-order valence-corrected chi connectivity index (χ2v) is 5.60. The van der Waals surface area contributed by atoms with Crippen LogP contribution in [0.2, 0.25) is 0 Å². The first kappa shape index (κ1) is 12.8. The average molecular weight is 274 g/mol. The highest BCUT2D eigenvalue weighted by molar-refractivity contribution is 5.97. The maximum Gasteiger partial charge on any atom is 0.256 e. The molecule has 2 aromatic heterocycles. The molecule has 7 nitrogen and oxygen atoms in total. The molecule has 20 heavy (non-hydrogen) atoms. The molecule has 0 spiro atoms. The first-order valence-corrected chi connectivity index (χ1v) is 6.75. The van der Waals surface area contributed by atoms with Gasteiger partial charge >= 0.3 is 0 Å². The number of nitrogens with one attached hydrogen (secondary N) is 1. The van der Waals surface area contributed by atoms with Crippen molar-refractivity contribution >= 4 is 5.91 Å². The van der Waals surface area contributed by atoms with Crippen molar-refractivity contribution < 1.29 is 4.79 Å². The summed E-state index contributed by atoms with van der Waals surface area (Å²) in [5.74, 6) is 1.78. The maximum absolute atomic E-state index is 12.4. The van der Waals surface area contributed by atoms with Gasteiger partial charge in [0, 0.05) is 13.1 Å². The zero-order valence-electron chi connectivity index (χ0n) is 11.8. The monoisotopic (exact) mass is 274 g/mol. The predicted octanol–water partition coefficient (Wildman–Crippen LogP) is 0.775. The molecule has 0 aromatic carbocycles. The summed E-state index contributed by atoms with van der Waals surface area (Å²) in [4.78, 5) is 12.4. The predicted molar refractivity (Wildman–Crippen MR) is 72.3 cm³/mol. The van der Waals surface area contributed by atoms with E-state index in [2.05, 4.69) is 34.5 Å². The van der Waals surface area contributed by atoms with Crippen LogP contribution < -0.4 is 5.32 Å². The first-order chi connectivity index (χ1) is 9.58. The quantitative estimate of drug-likeness (QED) is 0.893. The van der Waals surface area contributed by atoms with Gasteiger partial charge in [0.15, 0.2) is 0 Å². The average Bonchev–Trinajstić information content (AvgIpc) is 2.83. The fraction of sp³-hybridized carbons (Fsp3) is 0.538. The summed E-state index contributed by atoms with van der Waals surface area (Å²) in [6.07, 6.45) is 5.76. The Labute approximate surface area is 117 Å². The second kappa shape index (κ2) is 4.73. The summed E-state index contributed by atoms with van der Waals surface area (Å²) < 4.78 is 3.33. The van der Waals surface area contributed by atoms with Gasteiger partial charge in [-0.2, -0.15) is 5.10 Å². The topological polar surface area (TPSA) is 77.6 Å². The Morgan fingerprint density at radius 2 is 2.10 bits per heavy atom. The van der Waals surface area contributed by atoms with Crippen LogP contribution in [0.1, 0.15) is 30.6 Å². The van der Waals surface area contributed by atoms with E-state index >= 15 is 0 Å². The summed E-state index contributed by atoms with van der Waals surface area (Å²) in [6, 6.07) is 0.288. The molecule has 3 rings (SSSR count). The third-order valence-corrected chi connectivity index (χ3v) is 3.83. The van der Waals surface area contributed by atoms with Crippen molar-refractivity contribution in [2.75, 3.05) is 0 Å². The van der Waals surface area contributed by atoms with Crippen LogP contribution in [0.4, 0.5) is 0 Å². The Balaban J connectivity index is 1.80. The number of hydrogen-bond acceptors (Lipinski definition) is 4. The third kappa shape index (κ3) is 2.19. The minimum absolute atomic E-state index is 0.0880. The van der Waals surface area contributed by atoms with Crippen molar-refractivity contribution in [3.63, 3.8) is 0 Å². The molecule has 0 aliphatic heterocycles. The fourth-order valence-electron chi connectivity index (χ4n) is 2.57. The number of amides is 1. The van der Waals surface area contributed by atoms with Crippen LogP contribution in [-0.2, 0) is 7.05 Å². The van der Waals surface area contributed by atoms with Gasteiger partial charge in [0.05, 0.1) is 6.20 Å². The molecule has 7 heteroatoms. The van der Waals surface area contributed by atoms with Gasteiger partial charge in [-0.15, -0.1) is 10.2 Å². The van der Waals surface area contributed by atoms with Gasteiger partial charge in [-0.05, 0) is 18.3 Å². The Morgan fingerprint density at radius 1 is 1.40 bits per heavy atom. The van der Waals surface area contributed by atoms with Crippen molar-refractivity contribution in [3.8, 4) is 5.82 Å². The van der Waals surface area contributed by atoms with E-state index in [0.717, 1.165) is 6.42 Å². The van der Waals surface area contributed by atoms with Crippen LogP contribution >= 0.6 is 0 Å². The van der Waals surface area contributed by atoms with E-state index in [4.69, 9.17) is 0 Å². The van der Waals surface area contributed by atoms with Crippen molar-refractivity contribution in [3.05, 3.63) is 24.4 Å². The standard InChI is InChI=1S/C13H18N6O/c1-8(2)9-4-11(9)17-12(20)10-5-16-18(3)13(10)19-6-14-15-7-19/h5-9,11H,4H2,1-3H3,(H,17,20)/t9-,11+/m0/s1. The van der Waals surface area contributed by atoms with Crippen LogP contribution in [0, 0.1) is 11.8 Å². The van der Waals surface area contributed by atoms with Crippen LogP contribution in [0.5, 0.6) is 0 Å².